The van der Waals surface area contributed by atoms with Crippen LogP contribution < -0.4 is 5.56 Å². The monoisotopic (exact) mass is 421 g/mol. The lowest BCUT2D eigenvalue weighted by Crippen LogP contribution is -2.21. The van der Waals surface area contributed by atoms with Crippen molar-refractivity contribution in [3.05, 3.63) is 68.0 Å². The Morgan fingerprint density at radius 1 is 1.14 bits per heavy atom. The fraction of sp³-hybridized carbons (Fsp3) is 0.211. The van der Waals surface area contributed by atoms with Gasteiger partial charge < -0.3 is 0 Å². The molecule has 28 heavy (non-hydrogen) atoms. The molecule has 4 rings (SSSR count). The van der Waals surface area contributed by atoms with Gasteiger partial charge in [-0.05, 0) is 31.5 Å². The van der Waals surface area contributed by atoms with E-state index in [2.05, 4.69) is 9.97 Å². The Balaban J connectivity index is 1.62. The maximum Gasteiger partial charge on any atom is 0.416 e. The van der Waals surface area contributed by atoms with E-state index >= 15 is 0 Å². The molecule has 144 valence electrons. The Kier molecular flexibility index (Phi) is 4.59. The standard InChI is InChI=1S/C19H14F3N3OS2/c1-10-11(2)28-17-15(10)18(26)25(9-23-17)7-14-8-27-16(24-14)12-3-5-13(6-4-12)19(20,21)22/h3-6,8-9H,7H2,1-2H3. The van der Waals surface area contributed by atoms with Gasteiger partial charge in [-0.25, -0.2) is 9.97 Å². The molecule has 0 spiro atoms. The third-order valence-corrected chi connectivity index (χ3v) is 6.55. The first kappa shape index (κ1) is 18.8. The molecular weight excluding hydrogens is 407 g/mol. The van der Waals surface area contributed by atoms with Crippen LogP contribution in [-0.2, 0) is 12.7 Å². The van der Waals surface area contributed by atoms with E-state index < -0.39 is 11.7 Å². The van der Waals surface area contributed by atoms with Crippen LogP contribution in [0.15, 0.2) is 40.8 Å². The molecule has 4 aromatic rings. The van der Waals surface area contributed by atoms with Crippen molar-refractivity contribution in [2.75, 3.05) is 0 Å². The van der Waals surface area contributed by atoms with Crippen LogP contribution in [-0.4, -0.2) is 14.5 Å². The van der Waals surface area contributed by atoms with Crippen molar-refractivity contribution in [1.29, 1.82) is 0 Å². The van der Waals surface area contributed by atoms with Gasteiger partial charge in [0.05, 0.1) is 29.5 Å². The normalized spacial score (nSPS) is 12.0. The van der Waals surface area contributed by atoms with Crippen LogP contribution in [0.1, 0.15) is 21.7 Å². The fourth-order valence-corrected chi connectivity index (χ4v) is 4.68. The van der Waals surface area contributed by atoms with Crippen LogP contribution in [0.2, 0.25) is 0 Å². The van der Waals surface area contributed by atoms with Crippen molar-refractivity contribution >= 4 is 32.9 Å². The van der Waals surface area contributed by atoms with Crippen molar-refractivity contribution in [1.82, 2.24) is 14.5 Å². The number of aromatic nitrogens is 3. The number of aryl methyl sites for hydroxylation is 2. The summed E-state index contributed by atoms with van der Waals surface area (Å²) in [5.74, 6) is 0. The van der Waals surface area contributed by atoms with E-state index in [1.54, 1.807) is 5.38 Å². The van der Waals surface area contributed by atoms with Crippen LogP contribution in [0.25, 0.3) is 20.8 Å². The van der Waals surface area contributed by atoms with Crippen molar-refractivity contribution in [2.45, 2.75) is 26.6 Å². The Bertz CT molecular complexity index is 1220. The molecule has 0 radical (unpaired) electrons. The molecular formula is C19H14F3N3OS2. The van der Waals surface area contributed by atoms with E-state index in [9.17, 15) is 18.0 Å². The molecule has 0 amide bonds. The zero-order valence-electron chi connectivity index (χ0n) is 14.9. The maximum atomic E-state index is 12.8. The topological polar surface area (TPSA) is 47.8 Å². The Hall–Kier alpha value is -2.52. The van der Waals surface area contributed by atoms with Crippen molar-refractivity contribution in [3.8, 4) is 10.6 Å². The zero-order valence-corrected chi connectivity index (χ0v) is 16.5. The predicted octanol–water partition coefficient (Wildman–Crippen LogP) is 5.27. The second-order valence-electron chi connectivity index (χ2n) is 6.36. The number of alkyl halides is 3. The number of halogens is 3. The van der Waals surface area contributed by atoms with Crippen molar-refractivity contribution in [2.24, 2.45) is 0 Å². The molecule has 0 unspecified atom stereocenters. The number of benzene rings is 1. The highest BCUT2D eigenvalue weighted by molar-refractivity contribution is 7.18. The highest BCUT2D eigenvalue weighted by atomic mass is 32.1. The lowest BCUT2D eigenvalue weighted by Gasteiger charge is -2.06. The Morgan fingerprint density at radius 3 is 2.54 bits per heavy atom. The molecule has 0 saturated heterocycles. The van der Waals surface area contributed by atoms with Gasteiger partial charge in [0.2, 0.25) is 0 Å². The molecule has 3 aromatic heterocycles. The number of rotatable bonds is 3. The van der Waals surface area contributed by atoms with Gasteiger partial charge in [0.15, 0.2) is 0 Å². The van der Waals surface area contributed by atoms with Crippen LogP contribution in [0.3, 0.4) is 0 Å². The molecule has 9 heteroatoms. The minimum Gasteiger partial charge on any atom is -0.293 e. The molecule has 4 nitrogen and oxygen atoms in total. The lowest BCUT2D eigenvalue weighted by atomic mass is 10.1. The SMILES string of the molecule is Cc1sc2ncn(Cc3csc(-c4ccc(C(F)(F)F)cc4)n3)c(=O)c2c1C. The van der Waals surface area contributed by atoms with Gasteiger partial charge in [0.25, 0.3) is 5.56 Å². The summed E-state index contributed by atoms with van der Waals surface area (Å²) in [7, 11) is 0. The molecule has 0 bridgehead atoms. The Labute approximate surface area is 165 Å². The maximum absolute atomic E-state index is 12.8. The largest absolute Gasteiger partial charge is 0.416 e. The van der Waals surface area contributed by atoms with Gasteiger partial charge in [-0.15, -0.1) is 22.7 Å². The smallest absolute Gasteiger partial charge is 0.293 e. The average molecular weight is 421 g/mol. The van der Waals surface area contributed by atoms with Gasteiger partial charge in [0, 0.05) is 15.8 Å². The van der Waals surface area contributed by atoms with Gasteiger partial charge in [0.1, 0.15) is 9.84 Å². The predicted molar refractivity (Wildman–Crippen MR) is 105 cm³/mol. The minimum absolute atomic E-state index is 0.115. The first-order valence-corrected chi connectivity index (χ1v) is 10.0. The van der Waals surface area contributed by atoms with E-state index in [0.29, 0.717) is 21.7 Å². The van der Waals surface area contributed by atoms with Crippen LogP contribution in [0.4, 0.5) is 13.2 Å². The van der Waals surface area contributed by atoms with Gasteiger partial charge in [-0.2, -0.15) is 13.2 Å². The van der Waals surface area contributed by atoms with Gasteiger partial charge in [-0.3, -0.25) is 9.36 Å². The van der Waals surface area contributed by atoms with E-state index in [4.69, 9.17) is 0 Å². The molecule has 1 aromatic carbocycles. The molecule has 0 fully saturated rings. The molecule has 0 atom stereocenters. The summed E-state index contributed by atoms with van der Waals surface area (Å²) in [6.45, 7) is 4.13. The second kappa shape index (κ2) is 6.82. The first-order valence-electron chi connectivity index (χ1n) is 8.31. The average Bonchev–Trinajstić information content (AvgIpc) is 3.22. The summed E-state index contributed by atoms with van der Waals surface area (Å²) in [5, 5.41) is 3.03. The summed E-state index contributed by atoms with van der Waals surface area (Å²) in [5.41, 5.74) is 1.40. The zero-order chi connectivity index (χ0) is 20.1. The van der Waals surface area contributed by atoms with Crippen LogP contribution in [0, 0.1) is 13.8 Å². The summed E-state index contributed by atoms with van der Waals surface area (Å²) in [4.78, 5) is 23.4. The van der Waals surface area contributed by atoms with Gasteiger partial charge >= 0.3 is 6.18 Å². The minimum atomic E-state index is -4.36. The van der Waals surface area contributed by atoms with E-state index in [-0.39, 0.29) is 12.1 Å². The van der Waals surface area contributed by atoms with E-state index in [0.717, 1.165) is 27.4 Å². The van der Waals surface area contributed by atoms with Crippen molar-refractivity contribution < 1.29 is 13.2 Å². The molecule has 3 heterocycles. The number of nitrogens with zero attached hydrogens (tertiary/aromatic N) is 3. The van der Waals surface area contributed by atoms with E-state index in [1.165, 1.54) is 45.7 Å². The molecule has 0 N–H and O–H groups in total. The number of hydrogen-bond acceptors (Lipinski definition) is 5. The molecule has 0 aliphatic heterocycles. The summed E-state index contributed by atoms with van der Waals surface area (Å²) < 4.78 is 39.6. The lowest BCUT2D eigenvalue weighted by molar-refractivity contribution is -0.137. The van der Waals surface area contributed by atoms with E-state index in [1.807, 2.05) is 13.8 Å². The quantitative estimate of drug-likeness (QED) is 0.453. The highest BCUT2D eigenvalue weighted by Crippen LogP contribution is 2.32. The molecule has 0 aliphatic carbocycles. The summed E-state index contributed by atoms with van der Waals surface area (Å²) >= 11 is 2.82. The number of thiophene rings is 1. The summed E-state index contributed by atoms with van der Waals surface area (Å²) in [6, 6.07) is 4.90. The second-order valence-corrected chi connectivity index (χ2v) is 8.42. The third-order valence-electron chi connectivity index (χ3n) is 4.50. The van der Waals surface area contributed by atoms with Gasteiger partial charge in [-0.1, -0.05) is 12.1 Å². The molecule has 0 saturated carbocycles. The third kappa shape index (κ3) is 3.35. The summed E-state index contributed by atoms with van der Waals surface area (Å²) in [6.07, 6.45) is -2.85. The molecule has 0 aliphatic rings. The van der Waals surface area contributed by atoms with Crippen LogP contribution in [0.5, 0.6) is 0 Å². The number of fused-ring (bicyclic) bond motifs is 1. The number of thiazole rings is 1. The van der Waals surface area contributed by atoms with Crippen molar-refractivity contribution in [3.63, 3.8) is 0 Å². The van der Waals surface area contributed by atoms with Crippen LogP contribution >= 0.6 is 22.7 Å². The number of hydrogen-bond donors (Lipinski definition) is 0. The fourth-order valence-electron chi connectivity index (χ4n) is 2.87. The first-order chi connectivity index (χ1) is 13.2. The highest BCUT2D eigenvalue weighted by Gasteiger charge is 2.30. The Morgan fingerprint density at radius 2 is 1.86 bits per heavy atom.